The van der Waals surface area contributed by atoms with Crippen molar-refractivity contribution in [2.24, 2.45) is 0 Å². The Morgan fingerprint density at radius 3 is 2.77 bits per heavy atom. The van der Waals surface area contributed by atoms with Gasteiger partial charge in [-0.3, -0.25) is 9.48 Å². The van der Waals surface area contributed by atoms with E-state index in [-0.39, 0.29) is 18.6 Å². The number of aliphatic hydroxyl groups excluding tert-OH is 1. The zero-order chi connectivity index (χ0) is 15.5. The highest BCUT2D eigenvalue weighted by molar-refractivity contribution is 5.94. The molecule has 5 nitrogen and oxygen atoms in total. The SMILES string of the molecule is CCc1ccc(C(=O)N2Cc3ccnn3CC[C@@H]2CO)cc1. The molecule has 0 fully saturated rings. The normalized spacial score (nSPS) is 17.9. The number of hydrogen-bond acceptors (Lipinski definition) is 3. The van der Waals surface area contributed by atoms with Crippen LogP contribution < -0.4 is 0 Å². The van der Waals surface area contributed by atoms with E-state index in [4.69, 9.17) is 0 Å². The van der Waals surface area contributed by atoms with Gasteiger partial charge < -0.3 is 10.0 Å². The number of rotatable bonds is 3. The van der Waals surface area contributed by atoms with Crippen LogP contribution in [0.3, 0.4) is 0 Å². The molecule has 3 rings (SSSR count). The fraction of sp³-hybridized carbons (Fsp3) is 0.412. The van der Waals surface area contributed by atoms with Crippen LogP contribution >= 0.6 is 0 Å². The molecular weight excluding hydrogens is 278 g/mol. The molecule has 2 aromatic rings. The van der Waals surface area contributed by atoms with Gasteiger partial charge in [0.1, 0.15) is 0 Å². The summed E-state index contributed by atoms with van der Waals surface area (Å²) >= 11 is 0. The lowest BCUT2D eigenvalue weighted by molar-refractivity contribution is 0.0568. The average molecular weight is 299 g/mol. The lowest BCUT2D eigenvalue weighted by atomic mass is 10.1. The largest absolute Gasteiger partial charge is 0.394 e. The molecule has 116 valence electrons. The molecule has 1 aliphatic rings. The Morgan fingerprint density at radius 2 is 2.09 bits per heavy atom. The van der Waals surface area contributed by atoms with Gasteiger partial charge >= 0.3 is 0 Å². The van der Waals surface area contributed by atoms with Gasteiger partial charge in [-0.15, -0.1) is 0 Å². The Balaban J connectivity index is 1.87. The second-order valence-corrected chi connectivity index (χ2v) is 5.65. The maximum absolute atomic E-state index is 12.8. The van der Waals surface area contributed by atoms with Gasteiger partial charge in [0.25, 0.3) is 5.91 Å². The average Bonchev–Trinajstić information content (AvgIpc) is 2.93. The molecule has 1 atom stereocenters. The molecule has 0 bridgehead atoms. The van der Waals surface area contributed by atoms with Crippen molar-refractivity contribution in [1.82, 2.24) is 14.7 Å². The van der Waals surface area contributed by atoms with Gasteiger partial charge in [-0.1, -0.05) is 19.1 Å². The fourth-order valence-corrected chi connectivity index (χ4v) is 2.90. The van der Waals surface area contributed by atoms with Crippen LogP contribution in [0.5, 0.6) is 0 Å². The molecule has 1 aromatic heterocycles. The molecule has 1 aromatic carbocycles. The van der Waals surface area contributed by atoms with Gasteiger partial charge in [0, 0.05) is 18.3 Å². The van der Waals surface area contributed by atoms with E-state index in [0.717, 1.165) is 18.7 Å². The molecular formula is C17H21N3O2. The van der Waals surface area contributed by atoms with Gasteiger partial charge in [-0.25, -0.2) is 0 Å². The van der Waals surface area contributed by atoms with Crippen LogP contribution in [-0.4, -0.2) is 38.3 Å². The number of nitrogens with zero attached hydrogens (tertiary/aromatic N) is 3. The highest BCUT2D eigenvalue weighted by atomic mass is 16.3. The van der Waals surface area contributed by atoms with Crippen molar-refractivity contribution in [3.05, 3.63) is 53.3 Å². The van der Waals surface area contributed by atoms with E-state index in [1.54, 1.807) is 11.1 Å². The Labute approximate surface area is 130 Å². The molecule has 0 aliphatic carbocycles. The first-order valence-electron chi connectivity index (χ1n) is 7.74. The summed E-state index contributed by atoms with van der Waals surface area (Å²) in [5.74, 6) is -0.0312. The number of aryl methyl sites for hydroxylation is 2. The van der Waals surface area contributed by atoms with Gasteiger partial charge in [0.2, 0.25) is 0 Å². The Kier molecular flexibility index (Phi) is 4.24. The van der Waals surface area contributed by atoms with E-state index in [1.165, 1.54) is 5.56 Å². The van der Waals surface area contributed by atoms with Crippen LogP contribution in [0.25, 0.3) is 0 Å². The van der Waals surface area contributed by atoms with Crippen LogP contribution in [0.4, 0.5) is 0 Å². The summed E-state index contributed by atoms with van der Waals surface area (Å²) in [7, 11) is 0. The minimum atomic E-state index is -0.167. The number of carbonyl (C=O) groups excluding carboxylic acids is 1. The van der Waals surface area contributed by atoms with Crippen LogP contribution in [-0.2, 0) is 19.5 Å². The standard InChI is InChI=1S/C17H21N3O2/c1-2-13-3-5-14(6-4-13)17(22)19-11-15-7-9-18-20(15)10-8-16(19)12-21/h3-7,9,16,21H,2,8,10-12H2,1H3/t16-/m1/s1. The first kappa shape index (κ1) is 14.8. The summed E-state index contributed by atoms with van der Waals surface area (Å²) < 4.78 is 1.91. The minimum Gasteiger partial charge on any atom is -0.394 e. The van der Waals surface area contributed by atoms with Crippen molar-refractivity contribution >= 4 is 5.91 Å². The molecule has 0 spiro atoms. The van der Waals surface area contributed by atoms with Crippen LogP contribution in [0, 0.1) is 0 Å². The maximum Gasteiger partial charge on any atom is 0.254 e. The van der Waals surface area contributed by atoms with Crippen molar-refractivity contribution < 1.29 is 9.90 Å². The molecule has 0 radical (unpaired) electrons. The summed E-state index contributed by atoms with van der Waals surface area (Å²) in [6.07, 6.45) is 3.42. The predicted octanol–water partition coefficient (Wildman–Crippen LogP) is 1.85. The smallest absolute Gasteiger partial charge is 0.254 e. The number of amides is 1. The number of fused-ring (bicyclic) bond motifs is 1. The summed E-state index contributed by atoms with van der Waals surface area (Å²) in [4.78, 5) is 14.6. The zero-order valence-corrected chi connectivity index (χ0v) is 12.8. The van der Waals surface area contributed by atoms with E-state index < -0.39 is 0 Å². The second-order valence-electron chi connectivity index (χ2n) is 5.65. The molecule has 1 N–H and O–H groups in total. The lowest BCUT2D eigenvalue weighted by Gasteiger charge is -2.28. The fourth-order valence-electron chi connectivity index (χ4n) is 2.90. The number of hydrogen-bond donors (Lipinski definition) is 1. The summed E-state index contributed by atoms with van der Waals surface area (Å²) in [5.41, 5.74) is 2.89. The Hall–Kier alpha value is -2.14. The van der Waals surface area contributed by atoms with E-state index in [9.17, 15) is 9.90 Å². The Morgan fingerprint density at radius 1 is 1.32 bits per heavy atom. The van der Waals surface area contributed by atoms with Crippen molar-refractivity contribution in [2.45, 2.75) is 38.9 Å². The number of aromatic nitrogens is 2. The van der Waals surface area contributed by atoms with Crippen LogP contribution in [0.1, 0.15) is 35.0 Å². The highest BCUT2D eigenvalue weighted by Gasteiger charge is 2.28. The van der Waals surface area contributed by atoms with Crippen LogP contribution in [0.2, 0.25) is 0 Å². The van der Waals surface area contributed by atoms with Crippen molar-refractivity contribution in [1.29, 1.82) is 0 Å². The monoisotopic (exact) mass is 299 g/mol. The van der Waals surface area contributed by atoms with Crippen LogP contribution in [0.15, 0.2) is 36.5 Å². The van der Waals surface area contributed by atoms with E-state index in [0.29, 0.717) is 18.5 Å². The van der Waals surface area contributed by atoms with E-state index >= 15 is 0 Å². The predicted molar refractivity (Wildman–Crippen MR) is 83.4 cm³/mol. The number of benzene rings is 1. The summed E-state index contributed by atoms with van der Waals surface area (Å²) in [6, 6.07) is 9.49. The molecule has 0 unspecified atom stereocenters. The first-order chi connectivity index (χ1) is 10.7. The molecule has 22 heavy (non-hydrogen) atoms. The molecule has 2 heterocycles. The van der Waals surface area contributed by atoms with Crippen molar-refractivity contribution in [3.63, 3.8) is 0 Å². The van der Waals surface area contributed by atoms with Crippen molar-refractivity contribution in [3.8, 4) is 0 Å². The molecule has 5 heteroatoms. The highest BCUT2D eigenvalue weighted by Crippen LogP contribution is 2.20. The molecule has 1 amide bonds. The van der Waals surface area contributed by atoms with Gasteiger partial charge in [-0.2, -0.15) is 5.10 Å². The topological polar surface area (TPSA) is 58.4 Å². The quantitative estimate of drug-likeness (QED) is 0.941. The third-order valence-corrected chi connectivity index (χ3v) is 4.33. The molecule has 0 saturated heterocycles. The minimum absolute atomic E-state index is 0.0242. The number of aliphatic hydroxyl groups is 1. The van der Waals surface area contributed by atoms with Gasteiger partial charge in [0.15, 0.2) is 0 Å². The first-order valence-corrected chi connectivity index (χ1v) is 7.74. The number of carbonyl (C=O) groups is 1. The molecule has 1 aliphatic heterocycles. The van der Waals surface area contributed by atoms with E-state index in [1.807, 2.05) is 35.0 Å². The third-order valence-electron chi connectivity index (χ3n) is 4.33. The summed E-state index contributed by atoms with van der Waals surface area (Å²) in [6.45, 7) is 3.28. The molecule has 0 saturated carbocycles. The van der Waals surface area contributed by atoms with Gasteiger partial charge in [-0.05, 0) is 36.6 Å². The maximum atomic E-state index is 12.8. The Bertz CT molecular complexity index is 648. The van der Waals surface area contributed by atoms with E-state index in [2.05, 4.69) is 12.0 Å². The third kappa shape index (κ3) is 2.76. The summed E-state index contributed by atoms with van der Waals surface area (Å²) in [5, 5.41) is 13.9. The van der Waals surface area contributed by atoms with Gasteiger partial charge in [0.05, 0.1) is 24.9 Å². The second kappa shape index (κ2) is 6.32. The lowest BCUT2D eigenvalue weighted by Crippen LogP contribution is -2.41. The van der Waals surface area contributed by atoms with Crippen molar-refractivity contribution in [2.75, 3.05) is 6.61 Å². The zero-order valence-electron chi connectivity index (χ0n) is 12.8.